The fourth-order valence-electron chi connectivity index (χ4n) is 5.38. The van der Waals surface area contributed by atoms with Crippen molar-refractivity contribution >= 4 is 46.9 Å². The number of terminal acetylenes is 1. The van der Waals surface area contributed by atoms with Crippen LogP contribution < -0.4 is 14.7 Å². The van der Waals surface area contributed by atoms with Gasteiger partial charge in [-0.1, -0.05) is 5.92 Å². The van der Waals surface area contributed by atoms with Crippen LogP contribution in [-0.4, -0.2) is 97.0 Å². The molecule has 0 saturated carbocycles. The third-order valence-corrected chi connectivity index (χ3v) is 7.57. The van der Waals surface area contributed by atoms with Crippen LogP contribution in [0.4, 0.5) is 37.4 Å². The van der Waals surface area contributed by atoms with Gasteiger partial charge in [-0.05, 0) is 86.6 Å². The maximum absolute atomic E-state index is 14.0. The van der Waals surface area contributed by atoms with E-state index in [0.717, 1.165) is 31.9 Å². The number of anilines is 4. The van der Waals surface area contributed by atoms with Crippen molar-refractivity contribution in [3.63, 3.8) is 0 Å². The molecule has 4 heterocycles. The number of hydrogen-bond acceptors (Lipinski definition) is 12. The third-order valence-electron chi connectivity index (χ3n) is 7.57. The molecule has 1 aromatic carbocycles. The topological polar surface area (TPSA) is 148 Å². The van der Waals surface area contributed by atoms with Crippen LogP contribution in [0.1, 0.15) is 62.3 Å². The molecule has 5 rings (SSSR count). The lowest BCUT2D eigenvalue weighted by Gasteiger charge is -2.35. The van der Waals surface area contributed by atoms with Crippen molar-refractivity contribution in [1.29, 1.82) is 0 Å². The summed E-state index contributed by atoms with van der Waals surface area (Å²) >= 11 is 0. The van der Waals surface area contributed by atoms with E-state index in [1.165, 1.54) is 17.3 Å². The number of imidazole rings is 1. The van der Waals surface area contributed by atoms with Crippen molar-refractivity contribution in [3.05, 3.63) is 55.2 Å². The second-order valence-electron chi connectivity index (χ2n) is 15.5. The molecule has 0 N–H and O–H groups in total. The number of fused-ring (bicyclic) bond motifs is 1. The molecule has 0 bridgehead atoms. The highest BCUT2D eigenvalue weighted by Gasteiger charge is 2.35. The number of rotatable bonds is 6. The molecule has 3 aromatic heterocycles. The summed E-state index contributed by atoms with van der Waals surface area (Å²) in [5.41, 5.74) is -0.396. The molecule has 53 heavy (non-hydrogen) atoms. The maximum atomic E-state index is 14.0. The van der Waals surface area contributed by atoms with Crippen LogP contribution in [0.25, 0.3) is 17.0 Å². The molecule has 1 fully saturated rings. The molecule has 0 atom stereocenters. The molecule has 3 amide bonds. The molecule has 0 radical (unpaired) electrons. The van der Waals surface area contributed by atoms with Gasteiger partial charge < -0.3 is 23.5 Å². The Morgan fingerprint density at radius 1 is 0.792 bits per heavy atom. The first-order valence-electron chi connectivity index (χ1n) is 17.3. The Hall–Kier alpha value is -5.75. The summed E-state index contributed by atoms with van der Waals surface area (Å²) in [7, 11) is 0. The Kier molecular flexibility index (Phi) is 10.9. The molecule has 15 nitrogen and oxygen atoms in total. The smallest absolute Gasteiger partial charge is 0.425 e. The molecule has 0 spiro atoms. The summed E-state index contributed by atoms with van der Waals surface area (Å²) in [6, 6.07) is 7.57. The van der Waals surface area contributed by atoms with Gasteiger partial charge in [-0.15, -0.1) is 6.42 Å². The Labute approximate surface area is 309 Å². The zero-order valence-electron chi connectivity index (χ0n) is 31.8. The first kappa shape index (κ1) is 38.5. The Morgan fingerprint density at radius 2 is 1.38 bits per heavy atom. The van der Waals surface area contributed by atoms with E-state index in [9.17, 15) is 14.4 Å². The van der Waals surface area contributed by atoms with Gasteiger partial charge >= 0.3 is 18.3 Å². The molecule has 0 aliphatic carbocycles. The second-order valence-corrected chi connectivity index (χ2v) is 15.5. The normalized spacial score (nSPS) is 14.0. The number of aromatic nitrogens is 5. The number of amides is 3. The van der Waals surface area contributed by atoms with E-state index in [1.807, 2.05) is 24.3 Å². The highest BCUT2D eigenvalue weighted by atomic mass is 16.6. The van der Waals surface area contributed by atoms with Gasteiger partial charge in [0.05, 0.1) is 24.6 Å². The van der Waals surface area contributed by atoms with E-state index < -0.39 is 35.1 Å². The molecule has 0 unspecified atom stereocenters. The minimum atomic E-state index is -0.995. The number of nitrogens with zero attached hydrogens (tertiary/aromatic N) is 9. The number of hydrogen-bond donors (Lipinski definition) is 0. The number of carbonyl (C=O) groups excluding carboxylic acids is 3. The molecule has 1 saturated heterocycles. The van der Waals surface area contributed by atoms with Crippen LogP contribution in [0.5, 0.6) is 0 Å². The zero-order chi connectivity index (χ0) is 38.7. The summed E-state index contributed by atoms with van der Waals surface area (Å²) in [4.78, 5) is 65.6. The van der Waals surface area contributed by atoms with Gasteiger partial charge in [0.2, 0.25) is 0 Å². The van der Waals surface area contributed by atoms with Crippen molar-refractivity contribution in [2.24, 2.45) is 0 Å². The Balaban J connectivity index is 1.57. The molecule has 15 heteroatoms. The summed E-state index contributed by atoms with van der Waals surface area (Å²) in [6.45, 7) is 19.4. The minimum absolute atomic E-state index is 0.153. The third kappa shape index (κ3) is 9.78. The van der Waals surface area contributed by atoms with Gasteiger partial charge in [-0.3, -0.25) is 9.88 Å². The first-order chi connectivity index (χ1) is 24.8. The molecule has 280 valence electrons. The number of carbonyl (C=O) groups is 3. The fraction of sp³-hybridized carbons (Fsp3) is 0.447. The maximum Gasteiger partial charge on any atom is 0.425 e. The molecule has 1 aliphatic rings. The van der Waals surface area contributed by atoms with Gasteiger partial charge in [0.15, 0.2) is 17.3 Å². The van der Waals surface area contributed by atoms with Gasteiger partial charge in [0, 0.05) is 50.5 Å². The predicted octanol–water partition coefficient (Wildman–Crippen LogP) is 6.69. The predicted molar refractivity (Wildman–Crippen MR) is 201 cm³/mol. The Bertz CT molecular complexity index is 1970. The monoisotopic (exact) mass is 725 g/mol. The van der Waals surface area contributed by atoms with Crippen molar-refractivity contribution < 1.29 is 28.6 Å². The summed E-state index contributed by atoms with van der Waals surface area (Å²) in [6.07, 6.45) is 10.4. The van der Waals surface area contributed by atoms with E-state index in [2.05, 4.69) is 30.7 Å². The number of piperazine rings is 1. The minimum Gasteiger partial charge on any atom is -0.443 e. The fourth-order valence-corrected chi connectivity index (χ4v) is 5.38. The van der Waals surface area contributed by atoms with Crippen LogP contribution in [-0.2, 0) is 14.2 Å². The van der Waals surface area contributed by atoms with Gasteiger partial charge in [0.1, 0.15) is 28.2 Å². The highest BCUT2D eigenvalue weighted by Crippen LogP contribution is 2.33. The lowest BCUT2D eigenvalue weighted by atomic mass is 10.2. The number of benzene rings is 1. The van der Waals surface area contributed by atoms with Crippen LogP contribution >= 0.6 is 0 Å². The summed E-state index contributed by atoms with van der Waals surface area (Å²) in [5, 5.41) is 0. The second kappa shape index (κ2) is 15.1. The van der Waals surface area contributed by atoms with Crippen LogP contribution in [0.3, 0.4) is 0 Å². The summed E-state index contributed by atoms with van der Waals surface area (Å²) in [5.74, 6) is 2.71. The van der Waals surface area contributed by atoms with Crippen LogP contribution in [0.15, 0.2) is 55.2 Å². The standard InChI is InChI=1S/C38H47N9O6/c1-11-17-43-19-21-44(22-20-43)26-12-14-27(15-13-26)46(33(48)51-36(2,3)4)32-31-40-16-18-45(31)25-29(42-32)28-23-39-24-30(41-28)47(34(49)52-37(5,6)7)35(50)53-38(8,9)10/h1,12-16,18,23-25H,17,19-22H2,2-10H3. The van der Waals surface area contributed by atoms with Crippen molar-refractivity contribution in [3.8, 4) is 23.7 Å². The van der Waals surface area contributed by atoms with E-state index >= 15 is 0 Å². The quantitative estimate of drug-likeness (QED) is 0.154. The molecule has 1 aliphatic heterocycles. The summed E-state index contributed by atoms with van der Waals surface area (Å²) < 4.78 is 18.6. The molecular weight excluding hydrogens is 678 g/mol. The van der Waals surface area contributed by atoms with E-state index in [1.54, 1.807) is 85.3 Å². The van der Waals surface area contributed by atoms with E-state index in [-0.39, 0.29) is 23.0 Å². The van der Waals surface area contributed by atoms with Crippen LogP contribution in [0, 0.1) is 12.3 Å². The Morgan fingerprint density at radius 3 is 1.94 bits per heavy atom. The average Bonchev–Trinajstić information content (AvgIpc) is 3.53. The van der Waals surface area contributed by atoms with Gasteiger partial charge in [-0.25, -0.2) is 34.2 Å². The lowest BCUT2D eigenvalue weighted by Crippen LogP contribution is -2.46. The molecular formula is C38H47N9O6. The zero-order valence-corrected chi connectivity index (χ0v) is 31.8. The first-order valence-corrected chi connectivity index (χ1v) is 17.3. The number of imide groups is 1. The van der Waals surface area contributed by atoms with Crippen LogP contribution in [0.2, 0.25) is 0 Å². The van der Waals surface area contributed by atoms with Crippen molar-refractivity contribution in [2.45, 2.75) is 79.1 Å². The van der Waals surface area contributed by atoms with Gasteiger partial charge in [-0.2, -0.15) is 4.90 Å². The van der Waals surface area contributed by atoms with Crippen molar-refractivity contribution in [1.82, 2.24) is 29.2 Å². The van der Waals surface area contributed by atoms with E-state index in [4.69, 9.17) is 25.6 Å². The SMILES string of the molecule is C#CCN1CCN(c2ccc(N(C(=O)OC(C)(C)C)c3nc(-c4cncc(N(C(=O)OC(C)(C)C)C(=O)OC(C)(C)C)n4)cn4ccnc34)cc2)CC1. The van der Waals surface area contributed by atoms with E-state index in [0.29, 0.717) is 22.8 Å². The largest absolute Gasteiger partial charge is 0.443 e. The van der Waals surface area contributed by atoms with Crippen molar-refractivity contribution in [2.75, 3.05) is 47.4 Å². The number of ether oxygens (including phenoxy) is 3. The average molecular weight is 726 g/mol. The lowest BCUT2D eigenvalue weighted by molar-refractivity contribution is 0.0427. The highest BCUT2D eigenvalue weighted by molar-refractivity contribution is 6.08. The van der Waals surface area contributed by atoms with Gasteiger partial charge in [0.25, 0.3) is 0 Å². The molecule has 4 aromatic rings.